The van der Waals surface area contributed by atoms with Crippen LogP contribution in [0.1, 0.15) is 25.7 Å². The molecule has 20 heavy (non-hydrogen) atoms. The van der Waals surface area contributed by atoms with Crippen molar-refractivity contribution in [3.05, 3.63) is 30.1 Å². The number of nitrogens with zero attached hydrogens (tertiary/aromatic N) is 1. The summed E-state index contributed by atoms with van der Waals surface area (Å²) in [5.41, 5.74) is -0.957. The first-order valence-corrected chi connectivity index (χ1v) is 6.36. The highest BCUT2D eigenvalue weighted by Gasteiger charge is 2.48. The van der Waals surface area contributed by atoms with E-state index >= 15 is 0 Å². The average Bonchev–Trinajstić information content (AvgIpc) is 2.38. The van der Waals surface area contributed by atoms with Crippen molar-refractivity contribution in [2.75, 3.05) is 5.32 Å². The lowest BCUT2D eigenvalue weighted by Gasteiger charge is -2.37. The van der Waals surface area contributed by atoms with Gasteiger partial charge in [0.05, 0.1) is 12.0 Å². The standard InChI is InChI=1S/C14H14F4N2/c15-11-4-1-5-12(7-11)20-13(9-19)6-2-3-10(8-13)14(16,17)18/h1,4-5,7,10,20H,2-3,6,8H2. The Morgan fingerprint density at radius 3 is 2.70 bits per heavy atom. The number of rotatable bonds is 2. The maximum Gasteiger partial charge on any atom is 0.391 e. The van der Waals surface area contributed by atoms with Crippen molar-refractivity contribution < 1.29 is 17.6 Å². The van der Waals surface area contributed by atoms with E-state index in [1.807, 2.05) is 6.07 Å². The molecule has 0 amide bonds. The Hall–Kier alpha value is -1.77. The van der Waals surface area contributed by atoms with Gasteiger partial charge >= 0.3 is 6.18 Å². The van der Waals surface area contributed by atoms with E-state index in [4.69, 9.17) is 0 Å². The number of benzene rings is 1. The highest BCUT2D eigenvalue weighted by atomic mass is 19.4. The molecular formula is C14H14F4N2. The van der Waals surface area contributed by atoms with Crippen LogP contribution in [0, 0.1) is 23.1 Å². The molecular weight excluding hydrogens is 272 g/mol. The largest absolute Gasteiger partial charge is 0.391 e. The van der Waals surface area contributed by atoms with Gasteiger partial charge in [0.2, 0.25) is 0 Å². The normalized spacial score (nSPS) is 26.9. The van der Waals surface area contributed by atoms with Gasteiger partial charge in [-0.3, -0.25) is 0 Å². The average molecular weight is 286 g/mol. The summed E-state index contributed by atoms with van der Waals surface area (Å²) < 4.78 is 51.6. The van der Waals surface area contributed by atoms with Gasteiger partial charge in [-0.1, -0.05) is 6.07 Å². The molecule has 0 spiro atoms. The number of alkyl halides is 3. The molecule has 0 bridgehead atoms. The second kappa shape index (κ2) is 5.31. The first-order valence-electron chi connectivity index (χ1n) is 6.36. The fraction of sp³-hybridized carbons (Fsp3) is 0.500. The van der Waals surface area contributed by atoms with Crippen LogP contribution in [0.3, 0.4) is 0 Å². The van der Waals surface area contributed by atoms with Crippen LogP contribution < -0.4 is 5.32 Å². The van der Waals surface area contributed by atoms with E-state index in [0.29, 0.717) is 18.5 Å². The Morgan fingerprint density at radius 2 is 2.10 bits per heavy atom. The third-order valence-corrected chi connectivity index (χ3v) is 3.64. The van der Waals surface area contributed by atoms with Crippen LogP contribution >= 0.6 is 0 Å². The minimum Gasteiger partial charge on any atom is -0.367 e. The van der Waals surface area contributed by atoms with Crippen LogP contribution in [-0.2, 0) is 0 Å². The number of anilines is 1. The molecule has 0 aromatic heterocycles. The SMILES string of the molecule is N#CC1(Nc2cccc(F)c2)CCCC(C(F)(F)F)C1. The molecule has 2 atom stereocenters. The molecule has 2 rings (SSSR count). The second-order valence-electron chi connectivity index (χ2n) is 5.16. The van der Waals surface area contributed by atoms with Crippen LogP contribution in [0.2, 0.25) is 0 Å². The summed E-state index contributed by atoms with van der Waals surface area (Å²) in [6.45, 7) is 0. The van der Waals surface area contributed by atoms with Crippen molar-refractivity contribution in [1.29, 1.82) is 5.26 Å². The summed E-state index contributed by atoms with van der Waals surface area (Å²) in [5.74, 6) is -1.98. The van der Waals surface area contributed by atoms with Crippen molar-refractivity contribution in [2.45, 2.75) is 37.4 Å². The van der Waals surface area contributed by atoms with E-state index < -0.39 is 23.5 Å². The molecule has 108 valence electrons. The second-order valence-corrected chi connectivity index (χ2v) is 5.16. The lowest BCUT2D eigenvalue weighted by molar-refractivity contribution is -0.184. The predicted octanol–water partition coefficient (Wildman–Crippen LogP) is 4.25. The highest BCUT2D eigenvalue weighted by molar-refractivity contribution is 5.48. The van der Waals surface area contributed by atoms with Crippen molar-refractivity contribution in [1.82, 2.24) is 0 Å². The van der Waals surface area contributed by atoms with Gasteiger partial charge in [-0.15, -0.1) is 0 Å². The summed E-state index contributed by atoms with van der Waals surface area (Å²) in [7, 11) is 0. The molecule has 1 aliphatic carbocycles. The molecule has 1 aromatic rings. The van der Waals surface area contributed by atoms with E-state index in [0.717, 1.165) is 0 Å². The van der Waals surface area contributed by atoms with Gasteiger partial charge in [-0.2, -0.15) is 18.4 Å². The zero-order chi connectivity index (χ0) is 14.8. The fourth-order valence-corrected chi connectivity index (χ4v) is 2.64. The van der Waals surface area contributed by atoms with Crippen molar-refractivity contribution >= 4 is 5.69 Å². The molecule has 2 nitrogen and oxygen atoms in total. The molecule has 6 heteroatoms. The zero-order valence-corrected chi connectivity index (χ0v) is 10.7. The van der Waals surface area contributed by atoms with E-state index in [1.165, 1.54) is 18.2 Å². The number of hydrogen-bond donors (Lipinski definition) is 1. The monoisotopic (exact) mass is 286 g/mol. The Balaban J connectivity index is 2.19. The molecule has 1 N–H and O–H groups in total. The van der Waals surface area contributed by atoms with Gasteiger partial charge in [0, 0.05) is 5.69 Å². The molecule has 1 fully saturated rings. The van der Waals surface area contributed by atoms with Gasteiger partial charge < -0.3 is 5.32 Å². The number of nitriles is 1. The Labute approximate surface area is 114 Å². The maximum absolute atomic E-state index is 13.1. The summed E-state index contributed by atoms with van der Waals surface area (Å²) in [5, 5.41) is 12.1. The summed E-state index contributed by atoms with van der Waals surface area (Å²) >= 11 is 0. The number of halogens is 4. The van der Waals surface area contributed by atoms with E-state index in [-0.39, 0.29) is 12.8 Å². The van der Waals surface area contributed by atoms with Crippen LogP contribution in [0.4, 0.5) is 23.2 Å². The molecule has 1 saturated carbocycles. The zero-order valence-electron chi connectivity index (χ0n) is 10.7. The van der Waals surface area contributed by atoms with E-state index in [1.54, 1.807) is 6.07 Å². The minimum absolute atomic E-state index is 0.0394. The van der Waals surface area contributed by atoms with Gasteiger partial charge in [-0.25, -0.2) is 4.39 Å². The highest BCUT2D eigenvalue weighted by Crippen LogP contribution is 2.42. The van der Waals surface area contributed by atoms with Crippen LogP contribution in [0.25, 0.3) is 0 Å². The summed E-state index contributed by atoms with van der Waals surface area (Å²) in [6, 6.07) is 7.36. The minimum atomic E-state index is -4.30. The third-order valence-electron chi connectivity index (χ3n) is 3.64. The molecule has 0 saturated heterocycles. The summed E-state index contributed by atoms with van der Waals surface area (Å²) in [4.78, 5) is 0. The molecule has 0 aliphatic heterocycles. The molecule has 2 unspecified atom stereocenters. The third kappa shape index (κ3) is 3.21. The topological polar surface area (TPSA) is 35.8 Å². The van der Waals surface area contributed by atoms with Crippen molar-refractivity contribution in [3.63, 3.8) is 0 Å². The maximum atomic E-state index is 13.1. The molecule has 0 heterocycles. The van der Waals surface area contributed by atoms with Crippen LogP contribution in [0.5, 0.6) is 0 Å². The van der Waals surface area contributed by atoms with Crippen molar-refractivity contribution in [2.24, 2.45) is 5.92 Å². The Morgan fingerprint density at radius 1 is 1.35 bits per heavy atom. The Kier molecular flexibility index (Phi) is 3.89. The first-order chi connectivity index (χ1) is 9.35. The van der Waals surface area contributed by atoms with Gasteiger partial charge in [0.1, 0.15) is 11.4 Å². The van der Waals surface area contributed by atoms with Crippen LogP contribution in [0.15, 0.2) is 24.3 Å². The Bertz CT molecular complexity index is 521. The lowest BCUT2D eigenvalue weighted by Crippen LogP contribution is -2.45. The first kappa shape index (κ1) is 14.6. The van der Waals surface area contributed by atoms with Gasteiger partial charge in [0.15, 0.2) is 0 Å². The smallest absolute Gasteiger partial charge is 0.367 e. The van der Waals surface area contributed by atoms with Crippen molar-refractivity contribution in [3.8, 4) is 6.07 Å². The van der Waals surface area contributed by atoms with E-state index in [9.17, 15) is 22.8 Å². The van der Waals surface area contributed by atoms with Gasteiger partial charge in [-0.05, 0) is 43.9 Å². The number of hydrogen-bond acceptors (Lipinski definition) is 2. The number of nitrogens with one attached hydrogen (secondary N) is 1. The van der Waals surface area contributed by atoms with E-state index in [2.05, 4.69) is 5.32 Å². The quantitative estimate of drug-likeness (QED) is 0.825. The summed E-state index contributed by atoms with van der Waals surface area (Å²) in [6.07, 6.45) is -3.92. The lowest BCUT2D eigenvalue weighted by atomic mass is 9.76. The predicted molar refractivity (Wildman–Crippen MR) is 66.4 cm³/mol. The van der Waals surface area contributed by atoms with Crippen LogP contribution in [-0.4, -0.2) is 11.7 Å². The molecule has 1 aliphatic rings. The molecule has 0 radical (unpaired) electrons. The fourth-order valence-electron chi connectivity index (χ4n) is 2.64. The van der Waals surface area contributed by atoms with Gasteiger partial charge in [0.25, 0.3) is 0 Å². The molecule has 1 aromatic carbocycles.